The van der Waals surface area contributed by atoms with E-state index >= 15 is 0 Å². The van der Waals surface area contributed by atoms with E-state index in [0.29, 0.717) is 17.1 Å². The molecule has 0 atom stereocenters. The van der Waals surface area contributed by atoms with Crippen molar-refractivity contribution in [2.24, 2.45) is 0 Å². The summed E-state index contributed by atoms with van der Waals surface area (Å²) in [4.78, 5) is 22.7. The van der Waals surface area contributed by atoms with Crippen molar-refractivity contribution in [1.29, 1.82) is 0 Å². The van der Waals surface area contributed by atoms with Gasteiger partial charge in [-0.15, -0.1) is 0 Å². The molecule has 2 aromatic carbocycles. The molecule has 0 saturated carbocycles. The molecule has 3 N–H and O–H groups in total. The molecule has 1 aliphatic heterocycles. The summed E-state index contributed by atoms with van der Waals surface area (Å²) in [6, 6.07) is 13.0. The molecular formula is C19H20ClN5O. The fourth-order valence-corrected chi connectivity index (χ4v) is 3.29. The molecule has 0 radical (unpaired) electrons. The van der Waals surface area contributed by atoms with E-state index in [-0.39, 0.29) is 5.91 Å². The van der Waals surface area contributed by atoms with Crippen LogP contribution in [0.3, 0.4) is 0 Å². The Balaban J connectivity index is 1.49. The normalized spacial score (nSPS) is 14.6. The van der Waals surface area contributed by atoms with Crippen LogP contribution in [0.4, 0.5) is 5.95 Å². The first kappa shape index (κ1) is 16.9. The first-order valence-electron chi connectivity index (χ1n) is 8.68. The summed E-state index contributed by atoms with van der Waals surface area (Å²) >= 11 is 6.13. The molecule has 1 amide bonds. The highest BCUT2D eigenvalue weighted by molar-refractivity contribution is 6.31. The Morgan fingerprint density at radius 3 is 2.81 bits per heavy atom. The van der Waals surface area contributed by atoms with Crippen molar-refractivity contribution in [3.63, 3.8) is 0 Å². The second-order valence-corrected chi connectivity index (χ2v) is 6.71. The van der Waals surface area contributed by atoms with Crippen LogP contribution in [0.15, 0.2) is 42.5 Å². The van der Waals surface area contributed by atoms with Gasteiger partial charge >= 0.3 is 0 Å². The van der Waals surface area contributed by atoms with Crippen LogP contribution in [0, 0.1) is 0 Å². The standard InChI is InChI=1S/C19H20ClN5O/c20-15-4-2-1-3-14(15)12-22-18(26)13-5-6-16-17(11-13)24-19(23-16)25-9-7-21-8-10-25/h1-6,11,21H,7-10,12H2,(H,22,26)(H,23,24). The highest BCUT2D eigenvalue weighted by atomic mass is 35.5. The maximum absolute atomic E-state index is 12.5. The summed E-state index contributed by atoms with van der Waals surface area (Å²) in [6.45, 7) is 4.14. The molecule has 1 aliphatic rings. The molecule has 0 aliphatic carbocycles. The van der Waals surface area contributed by atoms with Gasteiger partial charge in [0.15, 0.2) is 0 Å². The fraction of sp³-hybridized carbons (Fsp3) is 0.263. The number of carbonyl (C=O) groups is 1. The zero-order valence-corrected chi connectivity index (χ0v) is 15.0. The third-order valence-electron chi connectivity index (χ3n) is 4.55. The molecule has 134 valence electrons. The number of imidazole rings is 1. The SMILES string of the molecule is O=C(NCc1ccccc1Cl)c1ccc2nc(N3CCNCC3)[nH]c2c1. The number of carbonyl (C=O) groups excluding carboxylic acids is 1. The van der Waals surface area contributed by atoms with E-state index in [1.807, 2.05) is 36.4 Å². The lowest BCUT2D eigenvalue weighted by molar-refractivity contribution is 0.0951. The Bertz CT molecular complexity index is 933. The smallest absolute Gasteiger partial charge is 0.251 e. The van der Waals surface area contributed by atoms with E-state index in [4.69, 9.17) is 11.6 Å². The number of rotatable bonds is 4. The van der Waals surface area contributed by atoms with Gasteiger partial charge in [-0.3, -0.25) is 4.79 Å². The summed E-state index contributed by atoms with van der Waals surface area (Å²) in [7, 11) is 0. The fourth-order valence-electron chi connectivity index (χ4n) is 3.08. The van der Waals surface area contributed by atoms with Crippen molar-refractivity contribution in [3.05, 3.63) is 58.6 Å². The zero-order chi connectivity index (χ0) is 17.9. The number of nitrogens with zero attached hydrogens (tertiary/aromatic N) is 2. The average Bonchev–Trinajstić information content (AvgIpc) is 3.11. The number of aromatic amines is 1. The molecule has 6 nitrogen and oxygen atoms in total. The minimum absolute atomic E-state index is 0.134. The lowest BCUT2D eigenvalue weighted by Gasteiger charge is -2.26. The van der Waals surface area contributed by atoms with Gasteiger partial charge in [-0.2, -0.15) is 0 Å². The maximum atomic E-state index is 12.5. The summed E-state index contributed by atoms with van der Waals surface area (Å²) in [5.41, 5.74) is 3.22. The highest BCUT2D eigenvalue weighted by Gasteiger charge is 2.15. The number of piperazine rings is 1. The average molecular weight is 370 g/mol. The van der Waals surface area contributed by atoms with Crippen LogP contribution in [0.2, 0.25) is 5.02 Å². The molecule has 4 rings (SSSR count). The molecule has 2 heterocycles. The van der Waals surface area contributed by atoms with Gasteiger partial charge in [0.25, 0.3) is 5.91 Å². The van der Waals surface area contributed by atoms with Crippen molar-refractivity contribution in [3.8, 4) is 0 Å². The maximum Gasteiger partial charge on any atom is 0.251 e. The number of fused-ring (bicyclic) bond motifs is 1. The van der Waals surface area contributed by atoms with E-state index < -0.39 is 0 Å². The summed E-state index contributed by atoms with van der Waals surface area (Å²) in [6.07, 6.45) is 0. The third kappa shape index (κ3) is 3.52. The molecule has 0 unspecified atom stereocenters. The van der Waals surface area contributed by atoms with Gasteiger partial charge in [0.2, 0.25) is 5.95 Å². The Morgan fingerprint density at radius 2 is 2.00 bits per heavy atom. The van der Waals surface area contributed by atoms with E-state index in [1.165, 1.54) is 0 Å². The van der Waals surface area contributed by atoms with Crippen molar-refractivity contribution in [2.75, 3.05) is 31.1 Å². The van der Waals surface area contributed by atoms with Crippen molar-refractivity contribution >= 4 is 34.5 Å². The second-order valence-electron chi connectivity index (χ2n) is 6.30. The van der Waals surface area contributed by atoms with Crippen LogP contribution >= 0.6 is 11.6 Å². The topological polar surface area (TPSA) is 73.1 Å². The lowest BCUT2D eigenvalue weighted by Crippen LogP contribution is -2.44. The Hall–Kier alpha value is -2.57. The summed E-state index contributed by atoms with van der Waals surface area (Å²) in [5.74, 6) is 0.722. The molecule has 1 saturated heterocycles. The highest BCUT2D eigenvalue weighted by Crippen LogP contribution is 2.20. The van der Waals surface area contributed by atoms with E-state index in [9.17, 15) is 4.79 Å². The molecule has 0 bridgehead atoms. The first-order chi connectivity index (χ1) is 12.7. The molecular weight excluding hydrogens is 350 g/mol. The molecule has 1 fully saturated rings. The molecule has 1 aromatic heterocycles. The Morgan fingerprint density at radius 1 is 1.19 bits per heavy atom. The molecule has 7 heteroatoms. The lowest BCUT2D eigenvalue weighted by atomic mass is 10.1. The van der Waals surface area contributed by atoms with Gasteiger partial charge < -0.3 is 20.5 Å². The number of amides is 1. The van der Waals surface area contributed by atoms with Crippen LogP contribution in [-0.4, -0.2) is 42.1 Å². The van der Waals surface area contributed by atoms with Gasteiger partial charge in [0.05, 0.1) is 11.0 Å². The number of anilines is 1. The largest absolute Gasteiger partial charge is 0.348 e. The number of hydrogen-bond donors (Lipinski definition) is 3. The van der Waals surface area contributed by atoms with Crippen LogP contribution in [0.25, 0.3) is 11.0 Å². The van der Waals surface area contributed by atoms with E-state index in [2.05, 4.69) is 25.5 Å². The number of benzene rings is 2. The molecule has 3 aromatic rings. The number of aromatic nitrogens is 2. The number of halogens is 1. The van der Waals surface area contributed by atoms with Crippen LogP contribution in [-0.2, 0) is 6.54 Å². The predicted octanol–water partition coefficient (Wildman–Crippen LogP) is 2.56. The van der Waals surface area contributed by atoms with E-state index in [0.717, 1.165) is 48.7 Å². The van der Waals surface area contributed by atoms with Crippen LogP contribution in [0.5, 0.6) is 0 Å². The van der Waals surface area contributed by atoms with Gasteiger partial charge in [-0.1, -0.05) is 29.8 Å². The minimum atomic E-state index is -0.134. The summed E-state index contributed by atoms with van der Waals surface area (Å²) < 4.78 is 0. The van der Waals surface area contributed by atoms with Gasteiger partial charge in [0, 0.05) is 43.3 Å². The number of H-pyrrole nitrogens is 1. The Kier molecular flexibility index (Phi) is 4.77. The van der Waals surface area contributed by atoms with Gasteiger partial charge in [0.1, 0.15) is 0 Å². The first-order valence-corrected chi connectivity index (χ1v) is 9.05. The second kappa shape index (κ2) is 7.35. The molecule has 26 heavy (non-hydrogen) atoms. The van der Waals surface area contributed by atoms with Gasteiger partial charge in [-0.25, -0.2) is 4.98 Å². The van der Waals surface area contributed by atoms with Crippen molar-refractivity contribution in [2.45, 2.75) is 6.54 Å². The summed E-state index contributed by atoms with van der Waals surface area (Å²) in [5, 5.41) is 6.89. The van der Waals surface area contributed by atoms with Crippen molar-refractivity contribution in [1.82, 2.24) is 20.6 Å². The number of nitrogens with one attached hydrogen (secondary N) is 3. The van der Waals surface area contributed by atoms with Crippen LogP contribution < -0.4 is 15.5 Å². The van der Waals surface area contributed by atoms with Gasteiger partial charge in [-0.05, 0) is 29.8 Å². The quantitative estimate of drug-likeness (QED) is 0.661. The minimum Gasteiger partial charge on any atom is -0.348 e. The van der Waals surface area contributed by atoms with Crippen LogP contribution in [0.1, 0.15) is 15.9 Å². The monoisotopic (exact) mass is 369 g/mol. The van der Waals surface area contributed by atoms with E-state index in [1.54, 1.807) is 6.07 Å². The predicted molar refractivity (Wildman–Crippen MR) is 104 cm³/mol. The zero-order valence-electron chi connectivity index (χ0n) is 14.3. The number of hydrogen-bond acceptors (Lipinski definition) is 4. The Labute approximate surface area is 156 Å². The van der Waals surface area contributed by atoms with Crippen molar-refractivity contribution < 1.29 is 4.79 Å². The third-order valence-corrected chi connectivity index (χ3v) is 4.91. The molecule has 0 spiro atoms.